The molecule has 1 atom stereocenters. The summed E-state index contributed by atoms with van der Waals surface area (Å²) in [6.07, 6.45) is 2.42. The number of methoxy groups -OCH3 is 1. The highest BCUT2D eigenvalue weighted by molar-refractivity contribution is 5.84. The molecule has 0 saturated heterocycles. The molecule has 0 saturated carbocycles. The minimum atomic E-state index is -0.965. The Morgan fingerprint density at radius 3 is 2.50 bits per heavy atom. The number of fused-ring (bicyclic) bond motifs is 2. The third kappa shape index (κ3) is 5.01. The molecular weight excluding hydrogens is 404 g/mol. The van der Waals surface area contributed by atoms with Gasteiger partial charge in [-0.05, 0) is 40.5 Å². The first-order valence-corrected chi connectivity index (χ1v) is 10.6. The Bertz CT molecular complexity index is 1050. The zero-order valence-electron chi connectivity index (χ0n) is 18.0. The van der Waals surface area contributed by atoms with Crippen LogP contribution in [0.2, 0.25) is 0 Å². The largest absolute Gasteiger partial charge is 0.493 e. The summed E-state index contributed by atoms with van der Waals surface area (Å²) in [7, 11) is 1.40. The number of para-hydroxylation sites is 1. The van der Waals surface area contributed by atoms with Gasteiger partial charge in [0.25, 0.3) is 0 Å². The van der Waals surface area contributed by atoms with E-state index in [4.69, 9.17) is 19.3 Å². The van der Waals surface area contributed by atoms with E-state index in [2.05, 4.69) is 30.3 Å². The van der Waals surface area contributed by atoms with Crippen molar-refractivity contribution < 1.29 is 24.1 Å². The second kappa shape index (κ2) is 10.2. The van der Waals surface area contributed by atoms with Gasteiger partial charge in [-0.15, -0.1) is 0 Å². The molecule has 3 aromatic rings. The van der Waals surface area contributed by atoms with Gasteiger partial charge in [-0.1, -0.05) is 60.7 Å². The number of hydrogen-bond donors (Lipinski definition) is 1. The third-order valence-corrected chi connectivity index (χ3v) is 5.51. The molecule has 5 heteroatoms. The van der Waals surface area contributed by atoms with Gasteiger partial charge in [0, 0.05) is 25.5 Å². The first-order chi connectivity index (χ1) is 15.7. The van der Waals surface area contributed by atoms with Crippen molar-refractivity contribution in [2.45, 2.75) is 25.6 Å². The normalized spacial score (nSPS) is 14.6. The van der Waals surface area contributed by atoms with E-state index in [0.29, 0.717) is 19.6 Å². The molecule has 1 aliphatic rings. The van der Waals surface area contributed by atoms with Gasteiger partial charge in [-0.2, -0.15) is 0 Å². The lowest BCUT2D eigenvalue weighted by atomic mass is 9.93. The van der Waals surface area contributed by atoms with E-state index in [-0.39, 0.29) is 0 Å². The maximum Gasteiger partial charge on any atom is 0.333 e. The molecule has 0 aromatic heterocycles. The highest BCUT2D eigenvalue weighted by atomic mass is 16.5. The van der Waals surface area contributed by atoms with E-state index < -0.39 is 12.1 Å². The maximum atomic E-state index is 11.1. The van der Waals surface area contributed by atoms with Crippen molar-refractivity contribution in [1.29, 1.82) is 0 Å². The van der Waals surface area contributed by atoms with E-state index in [9.17, 15) is 4.79 Å². The van der Waals surface area contributed by atoms with Crippen LogP contribution in [-0.4, -0.2) is 30.9 Å². The summed E-state index contributed by atoms with van der Waals surface area (Å²) in [5, 5.41) is 9.12. The van der Waals surface area contributed by atoms with Gasteiger partial charge in [0.05, 0.1) is 6.61 Å². The summed E-state index contributed by atoms with van der Waals surface area (Å²) in [4.78, 5) is 11.1. The standard InChI is InChI=1S/C27H26O5/c1-30-26(27(28)29)17-19-12-14-21(15-13-19)31-16-6-10-23-22-8-3-2-7-20(22)18-32-25-11-5-4-9-24(23)25/h2-5,7-15,26H,6,16-18H2,1H3,(H,28,29). The van der Waals surface area contributed by atoms with Crippen LogP contribution in [0.25, 0.3) is 5.57 Å². The smallest absolute Gasteiger partial charge is 0.333 e. The average molecular weight is 431 g/mol. The van der Waals surface area contributed by atoms with Gasteiger partial charge in [0.1, 0.15) is 18.1 Å². The van der Waals surface area contributed by atoms with Crippen LogP contribution in [0.15, 0.2) is 78.9 Å². The molecule has 0 spiro atoms. The minimum absolute atomic E-state index is 0.319. The van der Waals surface area contributed by atoms with Crippen LogP contribution in [-0.2, 0) is 22.6 Å². The fourth-order valence-electron chi connectivity index (χ4n) is 3.83. The number of carboxylic acid groups (broad SMARTS) is 1. The first kappa shape index (κ1) is 21.7. The predicted octanol–water partition coefficient (Wildman–Crippen LogP) is 5.12. The van der Waals surface area contributed by atoms with Crippen LogP contribution in [0, 0.1) is 0 Å². The van der Waals surface area contributed by atoms with Crippen molar-refractivity contribution >= 4 is 11.5 Å². The summed E-state index contributed by atoms with van der Waals surface area (Å²) >= 11 is 0. The molecule has 1 aliphatic heterocycles. The Hall–Kier alpha value is -3.57. The monoisotopic (exact) mass is 430 g/mol. The van der Waals surface area contributed by atoms with Crippen molar-refractivity contribution in [3.8, 4) is 11.5 Å². The quantitative estimate of drug-likeness (QED) is 0.503. The molecule has 3 aromatic carbocycles. The molecule has 0 bridgehead atoms. The van der Waals surface area contributed by atoms with E-state index in [0.717, 1.165) is 34.6 Å². The van der Waals surface area contributed by atoms with E-state index in [1.807, 2.05) is 48.5 Å². The lowest BCUT2D eigenvalue weighted by Crippen LogP contribution is -2.24. The third-order valence-electron chi connectivity index (χ3n) is 5.51. The molecule has 1 heterocycles. The number of hydrogen-bond acceptors (Lipinski definition) is 4. The van der Waals surface area contributed by atoms with Gasteiger partial charge >= 0.3 is 5.97 Å². The highest BCUT2D eigenvalue weighted by Gasteiger charge is 2.18. The fourth-order valence-corrected chi connectivity index (χ4v) is 3.83. The molecule has 164 valence electrons. The first-order valence-electron chi connectivity index (χ1n) is 10.6. The van der Waals surface area contributed by atoms with E-state index in [1.54, 1.807) is 0 Å². The second-order valence-electron chi connectivity index (χ2n) is 7.61. The Kier molecular flexibility index (Phi) is 6.87. The van der Waals surface area contributed by atoms with Crippen molar-refractivity contribution in [2.75, 3.05) is 13.7 Å². The lowest BCUT2D eigenvalue weighted by molar-refractivity contribution is -0.148. The second-order valence-corrected chi connectivity index (χ2v) is 7.61. The van der Waals surface area contributed by atoms with E-state index in [1.165, 1.54) is 18.2 Å². The summed E-state index contributed by atoms with van der Waals surface area (Å²) in [5.41, 5.74) is 5.50. The minimum Gasteiger partial charge on any atom is -0.493 e. The van der Waals surface area contributed by atoms with Crippen LogP contribution in [0.3, 0.4) is 0 Å². The molecule has 0 fully saturated rings. The highest BCUT2D eigenvalue weighted by Crippen LogP contribution is 2.36. The summed E-state index contributed by atoms with van der Waals surface area (Å²) in [6, 6.07) is 23.9. The predicted molar refractivity (Wildman–Crippen MR) is 123 cm³/mol. The number of ether oxygens (including phenoxy) is 3. The number of rotatable bonds is 8. The van der Waals surface area contributed by atoms with Gasteiger partial charge in [-0.3, -0.25) is 0 Å². The molecule has 1 N–H and O–H groups in total. The van der Waals surface area contributed by atoms with Gasteiger partial charge in [-0.25, -0.2) is 4.79 Å². The lowest BCUT2D eigenvalue weighted by Gasteiger charge is -2.12. The van der Waals surface area contributed by atoms with Crippen molar-refractivity contribution in [3.63, 3.8) is 0 Å². The average Bonchev–Trinajstić information content (AvgIpc) is 2.98. The number of carboxylic acids is 1. The van der Waals surface area contributed by atoms with Crippen LogP contribution in [0.4, 0.5) is 0 Å². The number of carbonyl (C=O) groups is 1. The Balaban J connectivity index is 1.43. The van der Waals surface area contributed by atoms with Crippen LogP contribution in [0.1, 0.15) is 28.7 Å². The topological polar surface area (TPSA) is 65.0 Å². The molecule has 0 aliphatic carbocycles. The summed E-state index contributed by atoms with van der Waals surface area (Å²) < 4.78 is 16.9. The van der Waals surface area contributed by atoms with Gasteiger partial charge in [0.2, 0.25) is 0 Å². The van der Waals surface area contributed by atoms with Crippen LogP contribution >= 0.6 is 0 Å². The van der Waals surface area contributed by atoms with E-state index >= 15 is 0 Å². The molecule has 1 unspecified atom stereocenters. The molecule has 0 amide bonds. The molecule has 5 nitrogen and oxygen atoms in total. The Morgan fingerprint density at radius 2 is 1.75 bits per heavy atom. The fraction of sp³-hybridized carbons (Fsp3) is 0.222. The van der Waals surface area contributed by atoms with Gasteiger partial charge < -0.3 is 19.3 Å². The van der Waals surface area contributed by atoms with Crippen LogP contribution in [0.5, 0.6) is 11.5 Å². The zero-order chi connectivity index (χ0) is 22.3. The summed E-state index contributed by atoms with van der Waals surface area (Å²) in [5.74, 6) is 0.677. The summed E-state index contributed by atoms with van der Waals surface area (Å²) in [6.45, 7) is 1.09. The van der Waals surface area contributed by atoms with Gasteiger partial charge in [0.15, 0.2) is 6.10 Å². The molecular formula is C27H26O5. The molecule has 32 heavy (non-hydrogen) atoms. The Morgan fingerprint density at radius 1 is 1.03 bits per heavy atom. The number of aliphatic carboxylic acids is 1. The number of benzene rings is 3. The van der Waals surface area contributed by atoms with Crippen LogP contribution < -0.4 is 9.47 Å². The Labute approximate surface area is 187 Å². The zero-order valence-corrected chi connectivity index (χ0v) is 18.0. The van der Waals surface area contributed by atoms with Crippen molar-refractivity contribution in [1.82, 2.24) is 0 Å². The SMILES string of the molecule is COC(Cc1ccc(OCCC=C2c3ccccc3COc3ccccc32)cc1)C(=O)O. The maximum absolute atomic E-state index is 11.1. The molecule has 0 radical (unpaired) electrons. The molecule has 4 rings (SSSR count). The van der Waals surface area contributed by atoms with Crippen molar-refractivity contribution in [3.05, 3.63) is 101 Å². The van der Waals surface area contributed by atoms with Crippen molar-refractivity contribution in [2.24, 2.45) is 0 Å².